The van der Waals surface area contributed by atoms with Crippen molar-refractivity contribution >= 4 is 0 Å². The molecule has 1 saturated carbocycles. The molecule has 1 aliphatic carbocycles. The van der Waals surface area contributed by atoms with E-state index in [1.807, 2.05) is 30.3 Å². The molecule has 0 aromatic heterocycles. The van der Waals surface area contributed by atoms with Gasteiger partial charge in [0.25, 0.3) is 0 Å². The van der Waals surface area contributed by atoms with Crippen molar-refractivity contribution in [1.29, 1.82) is 0 Å². The number of para-hydroxylation sites is 1. The van der Waals surface area contributed by atoms with Crippen LogP contribution in [0.15, 0.2) is 30.3 Å². The standard InChI is InChI=1S/C15H21O/c1-13-7-9-14(10-8-13)11-12-16-15-5-3-2-4-6-15/h2-6,13-14H,1,7-12H2. The van der Waals surface area contributed by atoms with Crippen molar-refractivity contribution in [2.24, 2.45) is 11.8 Å². The van der Waals surface area contributed by atoms with E-state index in [9.17, 15) is 0 Å². The van der Waals surface area contributed by atoms with Gasteiger partial charge in [-0.15, -0.1) is 0 Å². The van der Waals surface area contributed by atoms with Gasteiger partial charge in [-0.3, -0.25) is 0 Å². The minimum Gasteiger partial charge on any atom is -0.494 e. The van der Waals surface area contributed by atoms with Gasteiger partial charge < -0.3 is 4.74 Å². The number of ether oxygens (including phenoxy) is 1. The van der Waals surface area contributed by atoms with Gasteiger partial charge in [-0.2, -0.15) is 0 Å². The molecule has 1 aromatic rings. The summed E-state index contributed by atoms with van der Waals surface area (Å²) in [6.07, 6.45) is 6.48. The lowest BCUT2D eigenvalue weighted by Gasteiger charge is -2.25. The van der Waals surface area contributed by atoms with E-state index in [-0.39, 0.29) is 0 Å². The van der Waals surface area contributed by atoms with E-state index in [1.54, 1.807) is 0 Å². The Hall–Kier alpha value is -0.980. The quantitative estimate of drug-likeness (QED) is 0.738. The number of benzene rings is 1. The van der Waals surface area contributed by atoms with Crippen molar-refractivity contribution in [3.8, 4) is 5.75 Å². The molecule has 2 rings (SSSR count). The van der Waals surface area contributed by atoms with E-state index < -0.39 is 0 Å². The molecule has 0 amide bonds. The lowest BCUT2D eigenvalue weighted by atomic mass is 9.82. The zero-order chi connectivity index (χ0) is 11.2. The first-order chi connectivity index (χ1) is 7.84. The van der Waals surface area contributed by atoms with Crippen molar-refractivity contribution in [3.05, 3.63) is 37.3 Å². The van der Waals surface area contributed by atoms with E-state index in [4.69, 9.17) is 4.74 Å². The molecular formula is C15H21O. The molecule has 0 atom stereocenters. The van der Waals surface area contributed by atoms with Crippen LogP contribution in [0.2, 0.25) is 0 Å². The van der Waals surface area contributed by atoms with Crippen LogP contribution in [0.25, 0.3) is 0 Å². The molecule has 0 heterocycles. The summed E-state index contributed by atoms with van der Waals surface area (Å²) in [6, 6.07) is 10.1. The Morgan fingerprint density at radius 2 is 1.75 bits per heavy atom. The van der Waals surface area contributed by atoms with Crippen molar-refractivity contribution < 1.29 is 4.74 Å². The maximum Gasteiger partial charge on any atom is 0.119 e. The average molecular weight is 217 g/mol. The smallest absolute Gasteiger partial charge is 0.119 e. The highest BCUT2D eigenvalue weighted by molar-refractivity contribution is 5.20. The predicted molar refractivity (Wildman–Crippen MR) is 67.4 cm³/mol. The zero-order valence-corrected chi connectivity index (χ0v) is 9.90. The van der Waals surface area contributed by atoms with Crippen LogP contribution >= 0.6 is 0 Å². The summed E-state index contributed by atoms with van der Waals surface area (Å²) < 4.78 is 5.72. The van der Waals surface area contributed by atoms with Gasteiger partial charge in [0.1, 0.15) is 5.75 Å². The molecule has 0 spiro atoms. The van der Waals surface area contributed by atoms with E-state index >= 15 is 0 Å². The summed E-state index contributed by atoms with van der Waals surface area (Å²) in [6.45, 7) is 4.99. The Labute approximate surface area is 98.8 Å². The fraction of sp³-hybridized carbons (Fsp3) is 0.533. The van der Waals surface area contributed by atoms with Crippen LogP contribution in [0.3, 0.4) is 0 Å². The summed E-state index contributed by atoms with van der Waals surface area (Å²) in [7, 11) is 0. The molecule has 1 heteroatoms. The number of hydrogen-bond donors (Lipinski definition) is 0. The Kier molecular flexibility index (Phi) is 4.26. The maximum absolute atomic E-state index is 5.72. The van der Waals surface area contributed by atoms with Gasteiger partial charge in [-0.05, 0) is 30.4 Å². The van der Waals surface area contributed by atoms with E-state index in [1.165, 1.54) is 32.1 Å². The Morgan fingerprint density at radius 1 is 1.06 bits per heavy atom. The van der Waals surface area contributed by atoms with Gasteiger partial charge in [-0.25, -0.2) is 0 Å². The first kappa shape index (κ1) is 11.5. The van der Waals surface area contributed by atoms with Crippen molar-refractivity contribution in [2.75, 3.05) is 6.61 Å². The predicted octanol–water partition coefficient (Wildman–Crippen LogP) is 4.10. The normalized spacial score (nSPS) is 25.3. The molecule has 0 unspecified atom stereocenters. The van der Waals surface area contributed by atoms with Crippen LogP contribution in [0.5, 0.6) is 5.75 Å². The third-order valence-corrected chi connectivity index (χ3v) is 3.50. The van der Waals surface area contributed by atoms with Crippen LogP contribution in [-0.2, 0) is 0 Å². The SMILES string of the molecule is [CH2]C1CCC(CCOc2ccccc2)CC1. The molecule has 87 valence electrons. The lowest BCUT2D eigenvalue weighted by Crippen LogP contribution is -2.15. The Bertz CT molecular complexity index is 286. The van der Waals surface area contributed by atoms with Crippen LogP contribution < -0.4 is 4.74 Å². The minimum atomic E-state index is 0.700. The third-order valence-electron chi connectivity index (χ3n) is 3.50. The Balaban J connectivity index is 1.65. The molecule has 1 nitrogen and oxygen atoms in total. The molecular weight excluding hydrogens is 196 g/mol. The van der Waals surface area contributed by atoms with Crippen LogP contribution in [0.1, 0.15) is 32.1 Å². The monoisotopic (exact) mass is 217 g/mol. The molecule has 0 bridgehead atoms. The largest absolute Gasteiger partial charge is 0.494 e. The molecule has 0 saturated heterocycles. The topological polar surface area (TPSA) is 9.23 Å². The Morgan fingerprint density at radius 3 is 2.44 bits per heavy atom. The summed E-state index contributed by atoms with van der Waals surface area (Å²) in [5.41, 5.74) is 0. The number of rotatable bonds is 4. The molecule has 0 aliphatic heterocycles. The molecule has 16 heavy (non-hydrogen) atoms. The van der Waals surface area contributed by atoms with E-state index in [2.05, 4.69) is 6.92 Å². The molecule has 1 aromatic carbocycles. The third kappa shape index (κ3) is 3.55. The summed E-state index contributed by atoms with van der Waals surface area (Å²) in [5.74, 6) is 2.56. The average Bonchev–Trinajstić information content (AvgIpc) is 2.33. The lowest BCUT2D eigenvalue weighted by molar-refractivity contribution is 0.231. The van der Waals surface area contributed by atoms with Gasteiger partial charge in [0, 0.05) is 0 Å². The summed E-state index contributed by atoms with van der Waals surface area (Å²) in [5, 5.41) is 0. The molecule has 1 aliphatic rings. The van der Waals surface area contributed by atoms with Gasteiger partial charge in [0.2, 0.25) is 0 Å². The first-order valence-corrected chi connectivity index (χ1v) is 6.35. The fourth-order valence-electron chi connectivity index (χ4n) is 2.38. The second-order valence-electron chi connectivity index (χ2n) is 4.84. The van der Waals surface area contributed by atoms with E-state index in [0.29, 0.717) is 5.92 Å². The van der Waals surface area contributed by atoms with Crippen molar-refractivity contribution in [3.63, 3.8) is 0 Å². The van der Waals surface area contributed by atoms with Gasteiger partial charge in [-0.1, -0.05) is 50.8 Å². The molecule has 1 radical (unpaired) electrons. The van der Waals surface area contributed by atoms with Gasteiger partial charge >= 0.3 is 0 Å². The van der Waals surface area contributed by atoms with Gasteiger partial charge in [0.15, 0.2) is 0 Å². The van der Waals surface area contributed by atoms with Crippen LogP contribution in [0.4, 0.5) is 0 Å². The van der Waals surface area contributed by atoms with Crippen LogP contribution in [0, 0.1) is 18.8 Å². The second kappa shape index (κ2) is 5.93. The minimum absolute atomic E-state index is 0.700. The first-order valence-electron chi connectivity index (χ1n) is 6.35. The zero-order valence-electron chi connectivity index (χ0n) is 9.90. The molecule has 1 fully saturated rings. The molecule has 0 N–H and O–H groups in total. The van der Waals surface area contributed by atoms with E-state index in [0.717, 1.165) is 18.3 Å². The fourth-order valence-corrected chi connectivity index (χ4v) is 2.38. The highest BCUT2D eigenvalue weighted by atomic mass is 16.5. The van der Waals surface area contributed by atoms with Crippen molar-refractivity contribution in [2.45, 2.75) is 32.1 Å². The number of hydrogen-bond acceptors (Lipinski definition) is 1. The highest BCUT2D eigenvalue weighted by Gasteiger charge is 2.17. The van der Waals surface area contributed by atoms with Crippen LogP contribution in [-0.4, -0.2) is 6.61 Å². The van der Waals surface area contributed by atoms with Crippen molar-refractivity contribution in [1.82, 2.24) is 0 Å². The second-order valence-corrected chi connectivity index (χ2v) is 4.84. The summed E-state index contributed by atoms with van der Waals surface area (Å²) >= 11 is 0. The summed E-state index contributed by atoms with van der Waals surface area (Å²) in [4.78, 5) is 0. The maximum atomic E-state index is 5.72. The highest BCUT2D eigenvalue weighted by Crippen LogP contribution is 2.30. The van der Waals surface area contributed by atoms with Gasteiger partial charge in [0.05, 0.1) is 6.61 Å².